The average Bonchev–Trinajstić information content (AvgIpc) is 2.97. The van der Waals surface area contributed by atoms with E-state index in [9.17, 15) is 9.59 Å². The van der Waals surface area contributed by atoms with E-state index in [0.717, 1.165) is 51.7 Å². The molecule has 2 aliphatic heterocycles. The summed E-state index contributed by atoms with van der Waals surface area (Å²) in [6.45, 7) is 3.50. The van der Waals surface area contributed by atoms with Crippen molar-refractivity contribution in [3.8, 4) is 0 Å². The van der Waals surface area contributed by atoms with E-state index in [4.69, 9.17) is 5.73 Å². The zero-order valence-electron chi connectivity index (χ0n) is 11.4. The highest BCUT2D eigenvalue weighted by Gasteiger charge is 2.51. The summed E-state index contributed by atoms with van der Waals surface area (Å²) >= 11 is 0. The van der Waals surface area contributed by atoms with Crippen LogP contribution in [0, 0.1) is 11.8 Å². The van der Waals surface area contributed by atoms with Gasteiger partial charge in [0.15, 0.2) is 0 Å². The number of hydrogen-bond donors (Lipinski definition) is 1. The molecule has 0 aromatic carbocycles. The van der Waals surface area contributed by atoms with Gasteiger partial charge in [-0.25, -0.2) is 0 Å². The van der Waals surface area contributed by atoms with Crippen LogP contribution in [-0.4, -0.2) is 53.8 Å². The molecule has 3 fully saturated rings. The van der Waals surface area contributed by atoms with E-state index in [1.54, 1.807) is 4.90 Å². The molecule has 19 heavy (non-hydrogen) atoms. The lowest BCUT2D eigenvalue weighted by Gasteiger charge is -2.36. The molecular formula is C14H23N3O2. The van der Waals surface area contributed by atoms with E-state index >= 15 is 0 Å². The van der Waals surface area contributed by atoms with E-state index in [0.29, 0.717) is 6.54 Å². The number of nitrogens with zero attached hydrogens (tertiary/aromatic N) is 2. The third-order valence-electron chi connectivity index (χ3n) is 4.99. The first-order chi connectivity index (χ1) is 9.22. The van der Waals surface area contributed by atoms with Crippen molar-refractivity contribution < 1.29 is 9.59 Å². The Labute approximate surface area is 114 Å². The van der Waals surface area contributed by atoms with Crippen molar-refractivity contribution in [3.63, 3.8) is 0 Å². The summed E-state index contributed by atoms with van der Waals surface area (Å²) in [6, 6.07) is 0.139. The molecule has 3 aliphatic rings. The molecule has 2 amide bonds. The van der Waals surface area contributed by atoms with Gasteiger partial charge in [0.2, 0.25) is 11.8 Å². The van der Waals surface area contributed by atoms with E-state index in [1.807, 2.05) is 0 Å². The average molecular weight is 265 g/mol. The lowest BCUT2D eigenvalue weighted by molar-refractivity contribution is -0.144. The number of imide groups is 1. The van der Waals surface area contributed by atoms with E-state index in [2.05, 4.69) is 4.90 Å². The summed E-state index contributed by atoms with van der Waals surface area (Å²) in [5, 5.41) is 0. The van der Waals surface area contributed by atoms with Gasteiger partial charge in [-0.2, -0.15) is 0 Å². The summed E-state index contributed by atoms with van der Waals surface area (Å²) < 4.78 is 0. The van der Waals surface area contributed by atoms with Gasteiger partial charge in [-0.15, -0.1) is 0 Å². The molecule has 0 spiro atoms. The fourth-order valence-electron chi connectivity index (χ4n) is 3.96. The number of rotatable bonds is 3. The van der Waals surface area contributed by atoms with Crippen molar-refractivity contribution in [2.75, 3.05) is 26.2 Å². The summed E-state index contributed by atoms with van der Waals surface area (Å²) in [7, 11) is 0. The Kier molecular flexibility index (Phi) is 3.58. The molecule has 106 valence electrons. The Balaban J connectivity index is 1.64. The SMILES string of the molecule is NCCN1CCC(N2C(=O)C3CCCC3C2=O)CC1. The van der Waals surface area contributed by atoms with Crippen LogP contribution in [0.5, 0.6) is 0 Å². The van der Waals surface area contributed by atoms with Crippen molar-refractivity contribution >= 4 is 11.8 Å². The van der Waals surface area contributed by atoms with Crippen molar-refractivity contribution in [1.82, 2.24) is 9.80 Å². The molecular weight excluding hydrogens is 242 g/mol. The Bertz CT molecular complexity index is 355. The molecule has 0 bridgehead atoms. The van der Waals surface area contributed by atoms with Crippen LogP contribution in [0.15, 0.2) is 0 Å². The maximum absolute atomic E-state index is 12.4. The smallest absolute Gasteiger partial charge is 0.233 e. The first-order valence-corrected chi connectivity index (χ1v) is 7.51. The van der Waals surface area contributed by atoms with Gasteiger partial charge in [0, 0.05) is 32.2 Å². The maximum Gasteiger partial charge on any atom is 0.233 e. The highest BCUT2D eigenvalue weighted by Crippen LogP contribution is 2.41. The minimum absolute atomic E-state index is 0.00886. The molecule has 3 rings (SSSR count). The molecule has 0 aromatic rings. The maximum atomic E-state index is 12.4. The monoisotopic (exact) mass is 265 g/mol. The third-order valence-corrected chi connectivity index (χ3v) is 4.99. The number of hydrogen-bond acceptors (Lipinski definition) is 4. The standard InChI is InChI=1S/C14H23N3O2/c15-6-9-16-7-4-10(5-8-16)17-13(18)11-2-1-3-12(11)14(17)19/h10-12H,1-9,15H2. The number of carbonyl (C=O) groups excluding carboxylic acids is 2. The molecule has 1 aliphatic carbocycles. The van der Waals surface area contributed by atoms with Crippen LogP contribution >= 0.6 is 0 Å². The topological polar surface area (TPSA) is 66.6 Å². The third kappa shape index (κ3) is 2.19. The van der Waals surface area contributed by atoms with E-state index in [-0.39, 0.29) is 29.7 Å². The predicted molar refractivity (Wildman–Crippen MR) is 71.2 cm³/mol. The fraction of sp³-hybridized carbons (Fsp3) is 0.857. The molecule has 2 heterocycles. The normalized spacial score (nSPS) is 33.2. The summed E-state index contributed by atoms with van der Waals surface area (Å²) in [5.74, 6) is 0.249. The molecule has 2 atom stereocenters. The predicted octanol–water partition coefficient (Wildman–Crippen LogP) is 0.195. The Morgan fingerprint density at radius 1 is 1.00 bits per heavy atom. The number of nitrogens with two attached hydrogens (primary N) is 1. The van der Waals surface area contributed by atoms with Crippen LogP contribution in [0.1, 0.15) is 32.1 Å². The lowest BCUT2D eigenvalue weighted by Crippen LogP contribution is -2.48. The molecule has 1 saturated carbocycles. The summed E-state index contributed by atoms with van der Waals surface area (Å²) in [4.78, 5) is 28.7. The first-order valence-electron chi connectivity index (χ1n) is 7.51. The zero-order chi connectivity index (χ0) is 13.4. The van der Waals surface area contributed by atoms with Crippen molar-refractivity contribution in [3.05, 3.63) is 0 Å². The van der Waals surface area contributed by atoms with Crippen LogP contribution < -0.4 is 5.73 Å². The zero-order valence-corrected chi connectivity index (χ0v) is 11.4. The van der Waals surface area contributed by atoms with Gasteiger partial charge in [0.25, 0.3) is 0 Å². The van der Waals surface area contributed by atoms with E-state index in [1.165, 1.54) is 0 Å². The second-order valence-electron chi connectivity index (χ2n) is 6.05. The largest absolute Gasteiger partial charge is 0.329 e. The number of piperidine rings is 1. The van der Waals surface area contributed by atoms with Gasteiger partial charge in [-0.3, -0.25) is 14.5 Å². The van der Waals surface area contributed by atoms with Gasteiger partial charge < -0.3 is 10.6 Å². The van der Waals surface area contributed by atoms with Gasteiger partial charge in [-0.05, 0) is 25.7 Å². The Hall–Kier alpha value is -0.940. The second-order valence-corrected chi connectivity index (χ2v) is 6.05. The van der Waals surface area contributed by atoms with Crippen LogP contribution in [0.2, 0.25) is 0 Å². The minimum Gasteiger partial charge on any atom is -0.329 e. The van der Waals surface area contributed by atoms with Crippen LogP contribution in [0.25, 0.3) is 0 Å². The minimum atomic E-state index is 0.00886. The number of carbonyl (C=O) groups is 2. The molecule has 2 N–H and O–H groups in total. The quantitative estimate of drug-likeness (QED) is 0.740. The van der Waals surface area contributed by atoms with Crippen LogP contribution in [0.4, 0.5) is 0 Å². The summed E-state index contributed by atoms with van der Waals surface area (Å²) in [5.41, 5.74) is 5.56. The molecule has 2 unspecified atom stereocenters. The molecule has 0 aromatic heterocycles. The second kappa shape index (κ2) is 5.21. The van der Waals surface area contributed by atoms with Crippen LogP contribution in [-0.2, 0) is 9.59 Å². The highest BCUT2D eigenvalue weighted by atomic mass is 16.2. The van der Waals surface area contributed by atoms with E-state index < -0.39 is 0 Å². The van der Waals surface area contributed by atoms with Gasteiger partial charge in [-0.1, -0.05) is 6.42 Å². The van der Waals surface area contributed by atoms with Gasteiger partial charge >= 0.3 is 0 Å². The molecule has 0 radical (unpaired) electrons. The highest BCUT2D eigenvalue weighted by molar-refractivity contribution is 6.05. The van der Waals surface area contributed by atoms with Gasteiger partial charge in [0.05, 0.1) is 11.8 Å². The fourth-order valence-corrected chi connectivity index (χ4v) is 3.96. The van der Waals surface area contributed by atoms with Crippen molar-refractivity contribution in [1.29, 1.82) is 0 Å². The van der Waals surface area contributed by atoms with Crippen molar-refractivity contribution in [2.45, 2.75) is 38.1 Å². The Morgan fingerprint density at radius 3 is 2.11 bits per heavy atom. The van der Waals surface area contributed by atoms with Crippen LogP contribution in [0.3, 0.4) is 0 Å². The number of likely N-dealkylation sites (tertiary alicyclic amines) is 2. The van der Waals surface area contributed by atoms with Gasteiger partial charge in [0.1, 0.15) is 0 Å². The first kappa shape index (κ1) is 13.1. The molecule has 2 saturated heterocycles. The lowest BCUT2D eigenvalue weighted by atomic mass is 10.00. The number of amides is 2. The Morgan fingerprint density at radius 2 is 1.58 bits per heavy atom. The summed E-state index contributed by atoms with van der Waals surface area (Å²) in [6.07, 6.45) is 4.69. The molecule has 5 heteroatoms. The molecule has 5 nitrogen and oxygen atoms in total. The number of fused-ring (bicyclic) bond motifs is 1. The van der Waals surface area contributed by atoms with Crippen molar-refractivity contribution in [2.24, 2.45) is 17.6 Å².